The lowest BCUT2D eigenvalue weighted by molar-refractivity contribution is 0.107. The normalized spacial score (nSPS) is 21.8. The first-order valence-electron chi connectivity index (χ1n) is 12.8. The summed E-state index contributed by atoms with van der Waals surface area (Å²) in [6.45, 7) is 1.68. The Kier molecular flexibility index (Phi) is 7.65. The Hall–Kier alpha value is -2.41. The molecule has 1 saturated heterocycles. The van der Waals surface area contributed by atoms with Gasteiger partial charge in [0.25, 0.3) is 10.0 Å². The predicted octanol–water partition coefficient (Wildman–Crippen LogP) is 6.87. The zero-order valence-corrected chi connectivity index (χ0v) is 21.8. The number of rotatable bonds is 6. The van der Waals surface area contributed by atoms with Crippen LogP contribution in [0.25, 0.3) is 0 Å². The number of likely N-dealkylation sites (tertiary alicyclic amines) is 1. The van der Waals surface area contributed by atoms with Gasteiger partial charge in [-0.1, -0.05) is 54.8 Å². The van der Waals surface area contributed by atoms with Gasteiger partial charge in [0, 0.05) is 30.2 Å². The molecule has 0 bridgehead atoms. The Labute approximate surface area is 218 Å². The first kappa shape index (κ1) is 25.2. The van der Waals surface area contributed by atoms with Gasteiger partial charge in [-0.2, -0.15) is 0 Å². The van der Waals surface area contributed by atoms with Crippen LogP contribution in [0.3, 0.4) is 0 Å². The summed E-state index contributed by atoms with van der Waals surface area (Å²) in [6.07, 6.45) is 6.31. The van der Waals surface area contributed by atoms with Crippen molar-refractivity contribution in [1.82, 2.24) is 4.90 Å². The number of piperidine rings is 1. The fraction of sp³-hybridized carbons (Fsp3) is 0.379. The van der Waals surface area contributed by atoms with Gasteiger partial charge in [0.1, 0.15) is 5.82 Å². The van der Waals surface area contributed by atoms with Gasteiger partial charge in [0.2, 0.25) is 0 Å². The third kappa shape index (κ3) is 5.31. The Morgan fingerprint density at radius 2 is 1.44 bits per heavy atom. The molecule has 0 aromatic heterocycles. The Morgan fingerprint density at radius 3 is 2.11 bits per heavy atom. The SMILES string of the molecule is O=S(=O)(c1ccc(Cl)cc1)N(c1ccc(F)cc1)C1CCN([C@@H]2CCCC[C@@H]2c2ccccc2)CC1. The van der Waals surface area contributed by atoms with Crippen LogP contribution in [-0.4, -0.2) is 38.5 Å². The summed E-state index contributed by atoms with van der Waals surface area (Å²) in [4.78, 5) is 2.76. The Bertz CT molecular complexity index is 1240. The average Bonchev–Trinajstić information content (AvgIpc) is 2.91. The van der Waals surface area contributed by atoms with Gasteiger partial charge in [-0.3, -0.25) is 9.21 Å². The maximum absolute atomic E-state index is 13.8. The molecule has 1 saturated carbocycles. The van der Waals surface area contributed by atoms with Crippen molar-refractivity contribution in [2.24, 2.45) is 0 Å². The number of halogens is 2. The van der Waals surface area contributed by atoms with E-state index in [0.29, 0.717) is 22.7 Å². The maximum Gasteiger partial charge on any atom is 0.264 e. The fourth-order valence-corrected chi connectivity index (χ4v) is 7.78. The van der Waals surface area contributed by atoms with Crippen LogP contribution in [0.2, 0.25) is 5.02 Å². The number of anilines is 1. The molecule has 2 atom stereocenters. The number of hydrogen-bond donors (Lipinski definition) is 0. The first-order chi connectivity index (χ1) is 17.4. The van der Waals surface area contributed by atoms with Crippen molar-refractivity contribution in [2.75, 3.05) is 17.4 Å². The molecule has 1 aliphatic carbocycles. The molecule has 5 rings (SSSR count). The van der Waals surface area contributed by atoms with Gasteiger partial charge in [0.15, 0.2) is 0 Å². The molecule has 0 N–H and O–H groups in total. The second-order valence-corrected chi connectivity index (χ2v) is 12.1. The fourth-order valence-electron chi connectivity index (χ4n) is 5.94. The minimum Gasteiger partial charge on any atom is -0.300 e. The number of benzene rings is 3. The summed E-state index contributed by atoms with van der Waals surface area (Å²) < 4.78 is 42.9. The van der Waals surface area contributed by atoms with Crippen molar-refractivity contribution >= 4 is 27.3 Å². The molecule has 190 valence electrons. The molecule has 7 heteroatoms. The highest BCUT2D eigenvalue weighted by Crippen LogP contribution is 2.38. The van der Waals surface area contributed by atoms with Gasteiger partial charge in [-0.05, 0) is 85.7 Å². The summed E-state index contributed by atoms with van der Waals surface area (Å²) in [6, 6.07) is 23.1. The summed E-state index contributed by atoms with van der Waals surface area (Å²) >= 11 is 6.01. The zero-order valence-electron chi connectivity index (χ0n) is 20.3. The van der Waals surface area contributed by atoms with Gasteiger partial charge in [0.05, 0.1) is 10.6 Å². The van der Waals surface area contributed by atoms with Crippen LogP contribution in [0, 0.1) is 5.82 Å². The number of sulfonamides is 1. The molecule has 2 fully saturated rings. The van der Waals surface area contributed by atoms with E-state index in [1.807, 2.05) is 0 Å². The van der Waals surface area contributed by atoms with Crippen LogP contribution in [0.5, 0.6) is 0 Å². The predicted molar refractivity (Wildman–Crippen MR) is 144 cm³/mol. The van der Waals surface area contributed by atoms with Crippen molar-refractivity contribution < 1.29 is 12.8 Å². The molecule has 3 aromatic carbocycles. The molecule has 3 aromatic rings. The summed E-state index contributed by atoms with van der Waals surface area (Å²) in [5.41, 5.74) is 1.90. The van der Waals surface area contributed by atoms with Crippen molar-refractivity contribution in [2.45, 2.75) is 61.4 Å². The average molecular weight is 527 g/mol. The second-order valence-electron chi connectivity index (χ2n) is 9.87. The van der Waals surface area contributed by atoms with Crippen LogP contribution in [0.4, 0.5) is 10.1 Å². The lowest BCUT2D eigenvalue weighted by Crippen LogP contribution is -2.51. The van der Waals surface area contributed by atoms with Crippen LogP contribution >= 0.6 is 11.6 Å². The van der Waals surface area contributed by atoms with Crippen LogP contribution in [0.1, 0.15) is 50.0 Å². The van der Waals surface area contributed by atoms with Crippen LogP contribution in [0.15, 0.2) is 83.8 Å². The smallest absolute Gasteiger partial charge is 0.264 e. The van der Waals surface area contributed by atoms with Crippen molar-refractivity contribution in [3.05, 3.63) is 95.3 Å². The minimum absolute atomic E-state index is 0.190. The van der Waals surface area contributed by atoms with Crippen molar-refractivity contribution in [1.29, 1.82) is 0 Å². The summed E-state index contributed by atoms with van der Waals surface area (Å²) in [5.74, 6) is 0.129. The quantitative estimate of drug-likeness (QED) is 0.352. The molecule has 4 nitrogen and oxygen atoms in total. The monoisotopic (exact) mass is 526 g/mol. The molecule has 0 radical (unpaired) electrons. The van der Waals surface area contributed by atoms with E-state index in [1.165, 1.54) is 59.8 Å². The summed E-state index contributed by atoms with van der Waals surface area (Å²) in [7, 11) is -3.85. The highest BCUT2D eigenvalue weighted by Gasteiger charge is 2.38. The van der Waals surface area contributed by atoms with Crippen LogP contribution < -0.4 is 4.31 Å². The zero-order chi connectivity index (χ0) is 25.1. The van der Waals surface area contributed by atoms with E-state index in [9.17, 15) is 12.8 Å². The van der Waals surface area contributed by atoms with Gasteiger partial charge >= 0.3 is 0 Å². The lowest BCUT2D eigenvalue weighted by atomic mass is 9.78. The Balaban J connectivity index is 1.39. The topological polar surface area (TPSA) is 40.6 Å². The minimum atomic E-state index is -3.85. The number of hydrogen-bond acceptors (Lipinski definition) is 3. The van der Waals surface area contributed by atoms with Gasteiger partial charge in [-0.25, -0.2) is 12.8 Å². The molecule has 1 aliphatic heterocycles. The van der Waals surface area contributed by atoms with E-state index in [2.05, 4.69) is 35.2 Å². The molecule has 36 heavy (non-hydrogen) atoms. The van der Waals surface area contributed by atoms with E-state index in [-0.39, 0.29) is 16.8 Å². The largest absolute Gasteiger partial charge is 0.300 e. The molecule has 1 heterocycles. The molecule has 2 aliphatic rings. The third-order valence-corrected chi connectivity index (χ3v) is 9.86. The maximum atomic E-state index is 13.8. The third-order valence-electron chi connectivity index (χ3n) is 7.71. The van der Waals surface area contributed by atoms with Crippen molar-refractivity contribution in [3.8, 4) is 0 Å². The summed E-state index contributed by atoms with van der Waals surface area (Å²) in [5, 5.41) is 0.482. The standard InChI is InChI=1S/C29H32ClFN2O2S/c30-23-10-16-27(17-11-23)36(34,35)33(25-14-12-24(31)13-15-25)26-18-20-32(21-19-26)29-9-5-4-8-28(29)22-6-2-1-3-7-22/h1-3,6-7,10-17,26,28-29H,4-5,8-9,18-21H2/t28-,29-/m1/s1. The van der Waals surface area contributed by atoms with E-state index in [4.69, 9.17) is 11.6 Å². The molecular formula is C29H32ClFN2O2S. The molecule has 0 unspecified atom stereocenters. The number of nitrogens with zero attached hydrogens (tertiary/aromatic N) is 2. The molecular weight excluding hydrogens is 495 g/mol. The van der Waals surface area contributed by atoms with E-state index in [0.717, 1.165) is 25.9 Å². The van der Waals surface area contributed by atoms with E-state index in [1.54, 1.807) is 24.3 Å². The lowest BCUT2D eigenvalue weighted by Gasteiger charge is -2.45. The van der Waals surface area contributed by atoms with Gasteiger partial charge in [-0.15, -0.1) is 0 Å². The highest BCUT2D eigenvalue weighted by molar-refractivity contribution is 7.92. The Morgan fingerprint density at radius 1 is 0.806 bits per heavy atom. The molecule has 0 spiro atoms. The highest BCUT2D eigenvalue weighted by atomic mass is 35.5. The van der Waals surface area contributed by atoms with E-state index < -0.39 is 10.0 Å². The van der Waals surface area contributed by atoms with Gasteiger partial charge < -0.3 is 0 Å². The second kappa shape index (κ2) is 10.9. The first-order valence-corrected chi connectivity index (χ1v) is 14.6. The van der Waals surface area contributed by atoms with Crippen molar-refractivity contribution in [3.63, 3.8) is 0 Å². The van der Waals surface area contributed by atoms with Crippen LogP contribution in [-0.2, 0) is 10.0 Å². The molecule has 0 amide bonds. The van der Waals surface area contributed by atoms with E-state index >= 15 is 0 Å².